The van der Waals surface area contributed by atoms with Crippen molar-refractivity contribution >= 4 is 11.3 Å². The van der Waals surface area contributed by atoms with Crippen LogP contribution in [-0.2, 0) is 0 Å². The summed E-state index contributed by atoms with van der Waals surface area (Å²) < 4.78 is 0. The molecule has 2 rings (SSSR count). The monoisotopic (exact) mass is 210 g/mol. The average molecular weight is 210 g/mol. The predicted octanol–water partition coefficient (Wildman–Crippen LogP) is 2.06. The number of nitrogens with two attached hydrogens (primary N) is 1. The van der Waals surface area contributed by atoms with Gasteiger partial charge in [-0.05, 0) is 55.8 Å². The Morgan fingerprint density at radius 2 is 2.21 bits per heavy atom. The standard InChI is InChI=1S/C11H18N2S/c1-8-4-7-14-11(8)10(12)9-2-5-13-6-3-9/h4,7,9-10,13H,2-3,5-6,12H2,1H3/t10-/m1/s1. The van der Waals surface area contributed by atoms with E-state index in [-0.39, 0.29) is 6.04 Å². The second-order valence-corrected chi connectivity index (χ2v) is 5.03. The average Bonchev–Trinajstić information content (AvgIpc) is 2.65. The van der Waals surface area contributed by atoms with E-state index in [4.69, 9.17) is 5.73 Å². The SMILES string of the molecule is Cc1ccsc1[C@H](N)C1CCNCC1. The second kappa shape index (κ2) is 4.43. The van der Waals surface area contributed by atoms with E-state index in [2.05, 4.69) is 23.7 Å². The molecule has 0 saturated carbocycles. The van der Waals surface area contributed by atoms with Gasteiger partial charge in [-0.25, -0.2) is 0 Å². The first kappa shape index (κ1) is 10.1. The summed E-state index contributed by atoms with van der Waals surface area (Å²) in [5, 5.41) is 5.52. The summed E-state index contributed by atoms with van der Waals surface area (Å²) in [4.78, 5) is 1.39. The molecule has 0 unspecified atom stereocenters. The molecule has 0 aromatic carbocycles. The molecule has 0 radical (unpaired) electrons. The smallest absolute Gasteiger partial charge is 0.0422 e. The third-order valence-electron chi connectivity index (χ3n) is 3.10. The number of thiophene rings is 1. The third-order valence-corrected chi connectivity index (χ3v) is 4.22. The lowest BCUT2D eigenvalue weighted by Crippen LogP contribution is -2.33. The van der Waals surface area contributed by atoms with Gasteiger partial charge in [0.1, 0.15) is 0 Å². The molecule has 1 fully saturated rings. The van der Waals surface area contributed by atoms with Crippen LogP contribution < -0.4 is 11.1 Å². The number of nitrogens with one attached hydrogen (secondary N) is 1. The summed E-state index contributed by atoms with van der Waals surface area (Å²) >= 11 is 1.81. The van der Waals surface area contributed by atoms with Crippen molar-refractivity contribution in [1.82, 2.24) is 5.32 Å². The van der Waals surface area contributed by atoms with Crippen LogP contribution in [0.4, 0.5) is 0 Å². The van der Waals surface area contributed by atoms with Crippen molar-refractivity contribution < 1.29 is 0 Å². The van der Waals surface area contributed by atoms with Gasteiger partial charge < -0.3 is 11.1 Å². The Kier molecular flexibility index (Phi) is 3.21. The van der Waals surface area contributed by atoms with Crippen LogP contribution in [0.15, 0.2) is 11.4 Å². The van der Waals surface area contributed by atoms with Crippen molar-refractivity contribution in [3.05, 3.63) is 21.9 Å². The maximum absolute atomic E-state index is 6.30. The number of hydrogen-bond acceptors (Lipinski definition) is 3. The van der Waals surface area contributed by atoms with Gasteiger partial charge in [-0.15, -0.1) is 11.3 Å². The molecule has 78 valence electrons. The molecule has 14 heavy (non-hydrogen) atoms. The summed E-state index contributed by atoms with van der Waals surface area (Å²) in [6.07, 6.45) is 2.44. The van der Waals surface area contributed by atoms with E-state index in [0.717, 1.165) is 13.1 Å². The zero-order valence-corrected chi connectivity index (χ0v) is 9.44. The van der Waals surface area contributed by atoms with Crippen molar-refractivity contribution in [3.8, 4) is 0 Å². The van der Waals surface area contributed by atoms with Crippen LogP contribution in [0.5, 0.6) is 0 Å². The highest BCUT2D eigenvalue weighted by molar-refractivity contribution is 7.10. The van der Waals surface area contributed by atoms with Gasteiger partial charge in [0.15, 0.2) is 0 Å². The van der Waals surface area contributed by atoms with Crippen LogP contribution in [0.1, 0.15) is 29.3 Å². The molecule has 3 N–H and O–H groups in total. The minimum Gasteiger partial charge on any atom is -0.323 e. The van der Waals surface area contributed by atoms with Crippen LogP contribution in [0.2, 0.25) is 0 Å². The molecular weight excluding hydrogens is 192 g/mol. The van der Waals surface area contributed by atoms with Crippen molar-refractivity contribution in [1.29, 1.82) is 0 Å². The topological polar surface area (TPSA) is 38.0 Å². The van der Waals surface area contributed by atoms with Gasteiger partial charge in [0.2, 0.25) is 0 Å². The first-order chi connectivity index (χ1) is 6.79. The van der Waals surface area contributed by atoms with Gasteiger partial charge >= 0.3 is 0 Å². The number of piperidine rings is 1. The molecule has 1 aromatic rings. The minimum atomic E-state index is 0.261. The van der Waals surface area contributed by atoms with Crippen LogP contribution in [0.25, 0.3) is 0 Å². The maximum atomic E-state index is 6.30. The Hall–Kier alpha value is -0.380. The van der Waals surface area contributed by atoms with Crippen molar-refractivity contribution in [2.45, 2.75) is 25.8 Å². The lowest BCUT2D eigenvalue weighted by atomic mass is 9.89. The van der Waals surface area contributed by atoms with E-state index in [9.17, 15) is 0 Å². The molecule has 1 saturated heterocycles. The molecule has 1 aliphatic rings. The van der Waals surface area contributed by atoms with Gasteiger partial charge in [-0.2, -0.15) is 0 Å². The number of aryl methyl sites for hydroxylation is 1. The molecular formula is C11H18N2S. The van der Waals surface area contributed by atoms with E-state index in [1.54, 1.807) is 11.3 Å². The fourth-order valence-corrected chi connectivity index (χ4v) is 3.17. The molecule has 2 nitrogen and oxygen atoms in total. The largest absolute Gasteiger partial charge is 0.323 e. The van der Waals surface area contributed by atoms with Crippen LogP contribution in [-0.4, -0.2) is 13.1 Å². The van der Waals surface area contributed by atoms with Crippen molar-refractivity contribution in [3.63, 3.8) is 0 Å². The van der Waals surface area contributed by atoms with Gasteiger partial charge in [0.25, 0.3) is 0 Å². The summed E-state index contributed by atoms with van der Waals surface area (Å²) in [6.45, 7) is 4.42. The van der Waals surface area contributed by atoms with E-state index in [0.29, 0.717) is 5.92 Å². The normalized spacial score (nSPS) is 21.0. The third kappa shape index (κ3) is 2.00. The second-order valence-electron chi connectivity index (χ2n) is 4.08. The highest BCUT2D eigenvalue weighted by Crippen LogP contribution is 2.31. The Labute approximate surface area is 89.5 Å². The Morgan fingerprint density at radius 3 is 2.79 bits per heavy atom. The molecule has 0 spiro atoms. The molecule has 0 amide bonds. The highest BCUT2D eigenvalue weighted by Gasteiger charge is 2.23. The van der Waals surface area contributed by atoms with E-state index >= 15 is 0 Å². The first-order valence-corrected chi connectivity index (χ1v) is 6.17. The van der Waals surface area contributed by atoms with Gasteiger partial charge in [-0.3, -0.25) is 0 Å². The lowest BCUT2D eigenvalue weighted by molar-refractivity contribution is 0.324. The zero-order valence-electron chi connectivity index (χ0n) is 8.62. The molecule has 0 aliphatic carbocycles. The minimum absolute atomic E-state index is 0.261. The van der Waals surface area contributed by atoms with Crippen molar-refractivity contribution in [2.24, 2.45) is 11.7 Å². The number of rotatable bonds is 2. The van der Waals surface area contributed by atoms with Gasteiger partial charge in [-0.1, -0.05) is 0 Å². The van der Waals surface area contributed by atoms with Crippen LogP contribution in [0, 0.1) is 12.8 Å². The summed E-state index contributed by atoms with van der Waals surface area (Å²) in [7, 11) is 0. The van der Waals surface area contributed by atoms with Gasteiger partial charge in [0, 0.05) is 10.9 Å². The molecule has 3 heteroatoms. The summed E-state index contributed by atoms with van der Waals surface area (Å²) in [5.41, 5.74) is 7.66. The first-order valence-electron chi connectivity index (χ1n) is 5.29. The molecule has 1 aliphatic heterocycles. The van der Waals surface area contributed by atoms with Crippen LogP contribution in [0.3, 0.4) is 0 Å². The van der Waals surface area contributed by atoms with E-state index in [1.807, 2.05) is 0 Å². The van der Waals surface area contributed by atoms with Crippen LogP contribution >= 0.6 is 11.3 Å². The highest BCUT2D eigenvalue weighted by atomic mass is 32.1. The Morgan fingerprint density at radius 1 is 1.50 bits per heavy atom. The maximum Gasteiger partial charge on any atom is 0.0422 e. The molecule has 0 bridgehead atoms. The predicted molar refractivity (Wildman–Crippen MR) is 61.6 cm³/mol. The quantitative estimate of drug-likeness (QED) is 0.784. The zero-order chi connectivity index (χ0) is 9.97. The van der Waals surface area contributed by atoms with Crippen molar-refractivity contribution in [2.75, 3.05) is 13.1 Å². The lowest BCUT2D eigenvalue weighted by Gasteiger charge is -2.27. The molecule has 2 heterocycles. The fourth-order valence-electron chi connectivity index (χ4n) is 2.14. The summed E-state index contributed by atoms with van der Waals surface area (Å²) in [5.74, 6) is 0.675. The Balaban J connectivity index is 2.07. The fraction of sp³-hybridized carbons (Fsp3) is 0.636. The van der Waals surface area contributed by atoms with E-state index < -0.39 is 0 Å². The number of hydrogen-bond donors (Lipinski definition) is 2. The van der Waals surface area contributed by atoms with E-state index in [1.165, 1.54) is 23.3 Å². The Bertz CT molecular complexity index is 289. The summed E-state index contributed by atoms with van der Waals surface area (Å²) in [6, 6.07) is 2.43. The van der Waals surface area contributed by atoms with Gasteiger partial charge in [0.05, 0.1) is 0 Å². The molecule has 1 atom stereocenters. The molecule has 1 aromatic heterocycles.